The number of hydrogen-bond acceptors (Lipinski definition) is 5. The SMILES string of the molecule is CC(C)(C)OC(=O)N[C@H](CF)[C@H]1CC[C@H](C(=O)N2CC[C@H](c3ccc(F)cc3)[C@H]2C(=O)Nc2ccc3[nH]c(C(=O)O)cc3c2)CC1. The van der Waals surface area contributed by atoms with Crippen LogP contribution >= 0.6 is 0 Å². The van der Waals surface area contributed by atoms with Crippen LogP contribution in [0.1, 0.15) is 74.8 Å². The third-order valence-electron chi connectivity index (χ3n) is 8.92. The van der Waals surface area contributed by atoms with Crippen LogP contribution in [0.25, 0.3) is 10.9 Å². The zero-order chi connectivity index (χ0) is 33.2. The molecule has 10 nitrogen and oxygen atoms in total. The van der Waals surface area contributed by atoms with Gasteiger partial charge in [0.05, 0.1) is 6.04 Å². The number of carbonyl (C=O) groups excluding carboxylic acids is 3. The molecule has 4 N–H and O–H groups in total. The van der Waals surface area contributed by atoms with Gasteiger partial charge in [0.2, 0.25) is 11.8 Å². The molecule has 3 atom stereocenters. The van der Waals surface area contributed by atoms with E-state index in [1.54, 1.807) is 56.0 Å². The standard InChI is InChI=1S/C34H40F2N4O6/c1-34(2,3)46-33(45)39-28(18-35)20-4-6-21(7-5-20)31(42)40-15-14-25(19-8-10-23(36)11-9-19)29(40)30(41)37-24-12-13-26-22(16-24)17-27(38-26)32(43)44/h8-13,16-17,20-21,25,28-29,38H,4-7,14-15,18H2,1-3H3,(H,37,41)(H,39,45)(H,43,44)/t20-,21-,25-,28-,29+/m1/s1. The van der Waals surface area contributed by atoms with Crippen LogP contribution in [-0.2, 0) is 14.3 Å². The first-order valence-electron chi connectivity index (χ1n) is 15.6. The number of alkyl halides is 1. The highest BCUT2D eigenvalue weighted by atomic mass is 19.1. The van der Waals surface area contributed by atoms with E-state index in [0.717, 1.165) is 5.56 Å². The zero-order valence-corrected chi connectivity index (χ0v) is 26.1. The fourth-order valence-corrected chi connectivity index (χ4v) is 6.71. The Bertz CT molecular complexity index is 1590. The maximum absolute atomic E-state index is 14.0. The summed E-state index contributed by atoms with van der Waals surface area (Å²) in [6.07, 6.45) is 1.86. The van der Waals surface area contributed by atoms with E-state index in [4.69, 9.17) is 4.74 Å². The highest BCUT2D eigenvalue weighted by Crippen LogP contribution is 2.39. The monoisotopic (exact) mass is 638 g/mol. The highest BCUT2D eigenvalue weighted by Gasteiger charge is 2.45. The number of rotatable bonds is 8. The van der Waals surface area contributed by atoms with E-state index in [1.165, 1.54) is 18.2 Å². The van der Waals surface area contributed by atoms with E-state index in [-0.39, 0.29) is 29.4 Å². The number of benzene rings is 2. The molecule has 12 heteroatoms. The van der Waals surface area contributed by atoms with Crippen molar-refractivity contribution in [2.75, 3.05) is 18.5 Å². The molecule has 0 bridgehead atoms. The fraction of sp³-hybridized carbons (Fsp3) is 0.471. The van der Waals surface area contributed by atoms with Crippen LogP contribution in [0.15, 0.2) is 48.5 Å². The maximum Gasteiger partial charge on any atom is 0.407 e. The van der Waals surface area contributed by atoms with Crippen LogP contribution in [0.4, 0.5) is 19.3 Å². The lowest BCUT2D eigenvalue weighted by Gasteiger charge is -2.36. The first-order valence-corrected chi connectivity index (χ1v) is 15.6. The number of halogens is 2. The first kappa shape index (κ1) is 32.9. The van der Waals surface area contributed by atoms with E-state index in [2.05, 4.69) is 15.6 Å². The molecule has 46 heavy (non-hydrogen) atoms. The van der Waals surface area contributed by atoms with E-state index >= 15 is 0 Å². The number of ether oxygens (including phenoxy) is 1. The molecule has 1 aliphatic heterocycles. The van der Waals surface area contributed by atoms with Crippen molar-refractivity contribution in [2.24, 2.45) is 11.8 Å². The van der Waals surface area contributed by atoms with E-state index in [0.29, 0.717) is 55.2 Å². The Labute approximate surface area is 265 Å². The zero-order valence-electron chi connectivity index (χ0n) is 26.1. The number of anilines is 1. The Morgan fingerprint density at radius 1 is 1.02 bits per heavy atom. The van der Waals surface area contributed by atoms with Crippen molar-refractivity contribution in [3.05, 3.63) is 65.6 Å². The molecule has 2 heterocycles. The number of amides is 3. The van der Waals surface area contributed by atoms with E-state index < -0.39 is 48.1 Å². The van der Waals surface area contributed by atoms with E-state index in [9.17, 15) is 33.1 Å². The number of carbonyl (C=O) groups is 4. The number of hydrogen-bond donors (Lipinski definition) is 4. The molecular weight excluding hydrogens is 598 g/mol. The second-order valence-corrected chi connectivity index (χ2v) is 13.2. The second-order valence-electron chi connectivity index (χ2n) is 13.2. The Morgan fingerprint density at radius 2 is 1.72 bits per heavy atom. The van der Waals surface area contributed by atoms with Gasteiger partial charge in [-0.2, -0.15) is 0 Å². The molecule has 1 aliphatic carbocycles. The number of likely N-dealkylation sites (tertiary alicyclic amines) is 1. The molecule has 2 aliphatic rings. The minimum atomic E-state index is -1.10. The number of aromatic amines is 1. The summed E-state index contributed by atoms with van der Waals surface area (Å²) in [6.45, 7) is 4.79. The quantitative estimate of drug-likeness (QED) is 0.239. The van der Waals surface area contributed by atoms with Crippen LogP contribution in [-0.4, -0.2) is 69.8 Å². The van der Waals surface area contributed by atoms with Crippen LogP contribution in [0.2, 0.25) is 0 Å². The van der Waals surface area contributed by atoms with Gasteiger partial charge in [-0.15, -0.1) is 0 Å². The molecule has 1 aromatic heterocycles. The average Bonchev–Trinajstić information content (AvgIpc) is 3.64. The summed E-state index contributed by atoms with van der Waals surface area (Å²) < 4.78 is 33.0. The number of carboxylic acid groups (broad SMARTS) is 1. The normalized spacial score (nSPS) is 22.3. The predicted molar refractivity (Wildman–Crippen MR) is 168 cm³/mol. The smallest absolute Gasteiger partial charge is 0.407 e. The van der Waals surface area contributed by atoms with Gasteiger partial charge < -0.3 is 30.4 Å². The molecule has 3 aromatic rings. The van der Waals surface area contributed by atoms with E-state index in [1.807, 2.05) is 0 Å². The summed E-state index contributed by atoms with van der Waals surface area (Å²) in [5.41, 5.74) is 1.10. The van der Waals surface area contributed by atoms with Crippen molar-refractivity contribution in [3.63, 3.8) is 0 Å². The summed E-state index contributed by atoms with van der Waals surface area (Å²) in [6, 6.07) is 10.8. The number of fused-ring (bicyclic) bond motifs is 1. The maximum atomic E-state index is 14.0. The molecule has 1 saturated heterocycles. The summed E-state index contributed by atoms with van der Waals surface area (Å²) in [7, 11) is 0. The van der Waals surface area contributed by atoms with Gasteiger partial charge in [0.25, 0.3) is 0 Å². The Hall–Kier alpha value is -4.48. The van der Waals surface area contributed by atoms with Crippen molar-refractivity contribution in [1.29, 1.82) is 0 Å². The topological polar surface area (TPSA) is 141 Å². The first-order chi connectivity index (χ1) is 21.8. The number of nitrogens with one attached hydrogen (secondary N) is 3. The van der Waals surface area contributed by atoms with Crippen LogP contribution in [0.5, 0.6) is 0 Å². The summed E-state index contributed by atoms with van der Waals surface area (Å²) in [5.74, 6) is -2.96. The third kappa shape index (κ3) is 7.48. The minimum Gasteiger partial charge on any atom is -0.477 e. The van der Waals surface area contributed by atoms with Crippen LogP contribution in [0.3, 0.4) is 0 Å². The molecule has 2 aromatic carbocycles. The number of aromatic nitrogens is 1. The lowest BCUT2D eigenvalue weighted by molar-refractivity contribution is -0.141. The summed E-state index contributed by atoms with van der Waals surface area (Å²) >= 11 is 0. The minimum absolute atomic E-state index is 0.0237. The van der Waals surface area contributed by atoms with Gasteiger partial charge in [-0.3, -0.25) is 9.59 Å². The van der Waals surface area contributed by atoms with Gasteiger partial charge in [-0.05, 0) is 101 Å². The van der Waals surface area contributed by atoms with Gasteiger partial charge >= 0.3 is 12.1 Å². The van der Waals surface area contributed by atoms with Crippen molar-refractivity contribution < 1.29 is 37.8 Å². The number of aromatic carboxylic acids is 1. The fourth-order valence-electron chi connectivity index (χ4n) is 6.71. The molecule has 246 valence electrons. The molecule has 3 amide bonds. The van der Waals surface area contributed by atoms with Gasteiger partial charge in [0.15, 0.2) is 0 Å². The summed E-state index contributed by atoms with van der Waals surface area (Å²) in [4.78, 5) is 56.0. The molecule has 0 spiro atoms. The van der Waals surface area contributed by atoms with Gasteiger partial charge in [-0.1, -0.05) is 12.1 Å². The van der Waals surface area contributed by atoms with Gasteiger partial charge in [0, 0.05) is 35.0 Å². The van der Waals surface area contributed by atoms with Crippen molar-refractivity contribution in [1.82, 2.24) is 15.2 Å². The molecule has 2 fully saturated rings. The Balaban J connectivity index is 1.30. The predicted octanol–water partition coefficient (Wildman–Crippen LogP) is 6.00. The molecule has 1 saturated carbocycles. The van der Waals surface area contributed by atoms with Crippen LogP contribution < -0.4 is 10.6 Å². The largest absolute Gasteiger partial charge is 0.477 e. The molecular formula is C34H40F2N4O6. The third-order valence-corrected chi connectivity index (χ3v) is 8.92. The Morgan fingerprint density at radius 3 is 2.35 bits per heavy atom. The lowest BCUT2D eigenvalue weighted by atomic mass is 9.78. The molecule has 0 unspecified atom stereocenters. The summed E-state index contributed by atoms with van der Waals surface area (Å²) in [5, 5.41) is 15.5. The van der Waals surface area contributed by atoms with Gasteiger partial charge in [-0.25, -0.2) is 18.4 Å². The second kappa shape index (κ2) is 13.5. The Kier molecular flexibility index (Phi) is 9.64. The van der Waals surface area contributed by atoms with Crippen LogP contribution in [0, 0.1) is 17.7 Å². The van der Waals surface area contributed by atoms with Crippen molar-refractivity contribution in [2.45, 2.75) is 76.5 Å². The average molecular weight is 639 g/mol. The van der Waals surface area contributed by atoms with Crippen molar-refractivity contribution >= 4 is 40.5 Å². The number of carboxylic acids is 1. The van der Waals surface area contributed by atoms with Gasteiger partial charge in [0.1, 0.15) is 29.8 Å². The number of nitrogens with zero attached hydrogens (tertiary/aromatic N) is 1. The number of alkyl carbamates (subject to hydrolysis) is 1. The number of H-pyrrole nitrogens is 1. The lowest BCUT2D eigenvalue weighted by Crippen LogP contribution is -2.49. The molecule has 0 radical (unpaired) electrons. The highest BCUT2D eigenvalue weighted by molar-refractivity contribution is 6.01. The van der Waals surface area contributed by atoms with Crippen molar-refractivity contribution in [3.8, 4) is 0 Å². The molecule has 5 rings (SSSR count).